The molecule has 0 atom stereocenters. The topological polar surface area (TPSA) is 69.2 Å². The van der Waals surface area contributed by atoms with Crippen LogP contribution in [0.2, 0.25) is 0 Å². The summed E-state index contributed by atoms with van der Waals surface area (Å²) >= 11 is 0. The van der Waals surface area contributed by atoms with E-state index < -0.39 is 0 Å². The summed E-state index contributed by atoms with van der Waals surface area (Å²) in [6.45, 7) is 8.78. The highest BCUT2D eigenvalue weighted by molar-refractivity contribution is 14.0. The van der Waals surface area contributed by atoms with Crippen molar-refractivity contribution in [3.05, 3.63) is 0 Å². The lowest BCUT2D eigenvalue weighted by Gasteiger charge is -2.17. The number of likely N-dealkylation sites (N-methyl/N-ethyl adjacent to an activating group) is 1. The lowest BCUT2D eigenvalue weighted by Crippen LogP contribution is -2.40. The summed E-state index contributed by atoms with van der Waals surface area (Å²) in [5.74, 6) is 1.03. The van der Waals surface area contributed by atoms with Crippen molar-refractivity contribution in [2.24, 2.45) is 4.99 Å². The number of rotatable bonds is 11. The minimum Gasteiger partial charge on any atom is -0.385 e. The number of halogens is 1. The number of amides is 1. The van der Waals surface area contributed by atoms with Crippen LogP contribution in [0.15, 0.2) is 4.99 Å². The highest BCUT2D eigenvalue weighted by Gasteiger charge is 2.17. The Balaban J connectivity index is 0.00000576. The number of nitrogens with one attached hydrogen (secondary N) is 2. The predicted molar refractivity (Wildman–Crippen MR) is 114 cm³/mol. The summed E-state index contributed by atoms with van der Waals surface area (Å²) in [5.41, 5.74) is 0. The average molecular weight is 469 g/mol. The Morgan fingerprint density at radius 1 is 1.24 bits per heavy atom. The molecule has 8 heteroatoms. The van der Waals surface area contributed by atoms with Gasteiger partial charge in [0.1, 0.15) is 0 Å². The smallest absolute Gasteiger partial charge is 0.224 e. The Morgan fingerprint density at radius 3 is 2.60 bits per heavy atom. The second-order valence-electron chi connectivity index (χ2n) is 6.17. The molecule has 1 amide bonds. The molecule has 1 fully saturated rings. The number of methoxy groups -OCH3 is 1. The van der Waals surface area contributed by atoms with Crippen LogP contribution in [0.1, 0.15) is 32.6 Å². The Morgan fingerprint density at radius 2 is 1.96 bits per heavy atom. The van der Waals surface area contributed by atoms with Crippen molar-refractivity contribution in [2.75, 3.05) is 66.6 Å². The predicted octanol–water partition coefficient (Wildman–Crippen LogP) is 1.14. The maximum atomic E-state index is 12.0. The standard InChI is InChI=1S/C17H35N5O2.HI/c1-4-18-17(20-10-14-21(2)11-7-15-24-3)19-9-8-16(23)22-12-5-6-13-22;/h4-15H2,1-3H3,(H2,18,19,20);1H. The van der Waals surface area contributed by atoms with Gasteiger partial charge < -0.3 is 25.2 Å². The SMILES string of the molecule is CCNC(=NCCN(C)CCCOC)NCCC(=O)N1CCCC1.I. The van der Waals surface area contributed by atoms with Gasteiger partial charge in [-0.15, -0.1) is 24.0 Å². The molecule has 0 aromatic carbocycles. The van der Waals surface area contributed by atoms with Crippen LogP contribution < -0.4 is 10.6 Å². The number of aliphatic imine (C=N–C) groups is 1. The fourth-order valence-corrected chi connectivity index (χ4v) is 2.68. The van der Waals surface area contributed by atoms with Gasteiger partial charge in [0.05, 0.1) is 6.54 Å². The highest BCUT2D eigenvalue weighted by Crippen LogP contribution is 2.08. The van der Waals surface area contributed by atoms with Gasteiger partial charge in [0, 0.05) is 59.4 Å². The Bertz CT molecular complexity index is 376. The second-order valence-corrected chi connectivity index (χ2v) is 6.17. The zero-order valence-electron chi connectivity index (χ0n) is 16.1. The van der Waals surface area contributed by atoms with Crippen molar-refractivity contribution in [2.45, 2.75) is 32.6 Å². The quantitative estimate of drug-likeness (QED) is 0.206. The molecule has 0 aromatic heterocycles. The van der Waals surface area contributed by atoms with Crippen LogP contribution in [-0.2, 0) is 9.53 Å². The van der Waals surface area contributed by atoms with Crippen LogP contribution in [0.5, 0.6) is 0 Å². The first-order valence-corrected chi connectivity index (χ1v) is 9.14. The third kappa shape index (κ3) is 11.6. The molecule has 0 bridgehead atoms. The molecule has 1 heterocycles. The molecule has 0 aromatic rings. The van der Waals surface area contributed by atoms with Gasteiger partial charge in [-0.2, -0.15) is 0 Å². The largest absolute Gasteiger partial charge is 0.385 e. The molecule has 1 aliphatic heterocycles. The van der Waals surface area contributed by atoms with Crippen molar-refractivity contribution in [1.29, 1.82) is 0 Å². The van der Waals surface area contributed by atoms with Gasteiger partial charge in [-0.3, -0.25) is 9.79 Å². The number of carbonyl (C=O) groups is 1. The summed E-state index contributed by atoms with van der Waals surface area (Å²) in [6.07, 6.45) is 3.84. The molecule has 1 rings (SSSR count). The first-order chi connectivity index (χ1) is 11.7. The molecule has 0 spiro atoms. The van der Waals surface area contributed by atoms with E-state index in [4.69, 9.17) is 4.74 Å². The summed E-state index contributed by atoms with van der Waals surface area (Å²) in [4.78, 5) is 20.8. The molecular weight excluding hydrogens is 433 g/mol. The van der Waals surface area contributed by atoms with Gasteiger partial charge in [0.2, 0.25) is 5.91 Å². The van der Waals surface area contributed by atoms with Gasteiger partial charge in [0.25, 0.3) is 0 Å². The van der Waals surface area contributed by atoms with E-state index in [0.29, 0.717) is 13.0 Å². The monoisotopic (exact) mass is 469 g/mol. The minimum absolute atomic E-state index is 0. The molecule has 148 valence electrons. The van der Waals surface area contributed by atoms with Gasteiger partial charge in [0.15, 0.2) is 5.96 Å². The molecule has 25 heavy (non-hydrogen) atoms. The number of hydrogen-bond acceptors (Lipinski definition) is 4. The molecule has 7 nitrogen and oxygen atoms in total. The molecule has 0 unspecified atom stereocenters. The van der Waals surface area contributed by atoms with Gasteiger partial charge >= 0.3 is 0 Å². The number of guanidine groups is 1. The summed E-state index contributed by atoms with van der Waals surface area (Å²) < 4.78 is 5.06. The zero-order valence-corrected chi connectivity index (χ0v) is 18.4. The molecular formula is C17H36IN5O2. The van der Waals surface area contributed by atoms with Gasteiger partial charge in [-0.05, 0) is 33.2 Å². The summed E-state index contributed by atoms with van der Waals surface area (Å²) in [5, 5.41) is 6.48. The minimum atomic E-state index is 0. The van der Waals surface area contributed by atoms with Crippen molar-refractivity contribution in [3.63, 3.8) is 0 Å². The fraction of sp³-hybridized carbons (Fsp3) is 0.882. The maximum Gasteiger partial charge on any atom is 0.224 e. The Hall–Kier alpha value is -0.610. The van der Waals surface area contributed by atoms with Crippen LogP contribution in [0.3, 0.4) is 0 Å². The van der Waals surface area contributed by atoms with E-state index in [0.717, 1.165) is 71.1 Å². The lowest BCUT2D eigenvalue weighted by atomic mass is 10.3. The van der Waals surface area contributed by atoms with E-state index >= 15 is 0 Å². The second kappa shape index (κ2) is 15.6. The van der Waals surface area contributed by atoms with Crippen LogP contribution in [0.4, 0.5) is 0 Å². The first-order valence-electron chi connectivity index (χ1n) is 9.14. The fourth-order valence-electron chi connectivity index (χ4n) is 2.68. The Kier molecular flexibility index (Phi) is 15.2. The van der Waals surface area contributed by atoms with E-state index in [1.165, 1.54) is 0 Å². The van der Waals surface area contributed by atoms with Crippen molar-refractivity contribution in [1.82, 2.24) is 20.4 Å². The molecule has 0 saturated carbocycles. The van der Waals surface area contributed by atoms with Crippen LogP contribution in [0, 0.1) is 0 Å². The normalized spacial score (nSPS) is 14.6. The van der Waals surface area contributed by atoms with E-state index in [1.807, 2.05) is 11.8 Å². The maximum absolute atomic E-state index is 12.0. The number of nitrogens with zero attached hydrogens (tertiary/aromatic N) is 3. The molecule has 1 aliphatic rings. The molecule has 0 radical (unpaired) electrons. The number of likely N-dealkylation sites (tertiary alicyclic amines) is 1. The lowest BCUT2D eigenvalue weighted by molar-refractivity contribution is -0.129. The van der Waals surface area contributed by atoms with E-state index in [1.54, 1.807) is 7.11 Å². The zero-order chi connectivity index (χ0) is 17.6. The number of hydrogen-bond donors (Lipinski definition) is 2. The average Bonchev–Trinajstić information content (AvgIpc) is 3.09. The number of carbonyl (C=O) groups excluding carboxylic acids is 1. The highest BCUT2D eigenvalue weighted by atomic mass is 127. The molecule has 1 saturated heterocycles. The van der Waals surface area contributed by atoms with Crippen LogP contribution >= 0.6 is 24.0 Å². The third-order valence-electron chi connectivity index (χ3n) is 4.07. The van der Waals surface area contributed by atoms with E-state index in [2.05, 4.69) is 27.6 Å². The number of ether oxygens (including phenoxy) is 1. The summed E-state index contributed by atoms with van der Waals surface area (Å²) in [6, 6.07) is 0. The molecule has 2 N–H and O–H groups in total. The van der Waals surface area contributed by atoms with Crippen molar-refractivity contribution in [3.8, 4) is 0 Å². The Labute approximate surface area is 170 Å². The van der Waals surface area contributed by atoms with E-state index in [9.17, 15) is 4.79 Å². The third-order valence-corrected chi connectivity index (χ3v) is 4.07. The van der Waals surface area contributed by atoms with Gasteiger partial charge in [-0.1, -0.05) is 0 Å². The van der Waals surface area contributed by atoms with Crippen molar-refractivity contribution < 1.29 is 9.53 Å². The first kappa shape index (κ1) is 24.4. The van der Waals surface area contributed by atoms with Crippen molar-refractivity contribution >= 4 is 35.8 Å². The van der Waals surface area contributed by atoms with E-state index in [-0.39, 0.29) is 29.9 Å². The van der Waals surface area contributed by atoms with Gasteiger partial charge in [-0.25, -0.2) is 0 Å². The van der Waals surface area contributed by atoms with Crippen LogP contribution in [0.25, 0.3) is 0 Å². The molecule has 0 aliphatic carbocycles. The summed E-state index contributed by atoms with van der Waals surface area (Å²) in [7, 11) is 3.83. The van der Waals surface area contributed by atoms with Crippen LogP contribution in [-0.4, -0.2) is 88.2 Å².